The molecule has 0 radical (unpaired) electrons. The van der Waals surface area contributed by atoms with Crippen LogP contribution in [-0.2, 0) is 21.3 Å². The van der Waals surface area contributed by atoms with Gasteiger partial charge in [0.2, 0.25) is 0 Å². The van der Waals surface area contributed by atoms with Crippen LogP contribution in [0.15, 0.2) is 18.2 Å². The lowest BCUT2D eigenvalue weighted by Gasteiger charge is -2.16. The molecule has 20 heavy (non-hydrogen) atoms. The topological polar surface area (TPSA) is 61.5 Å². The van der Waals surface area contributed by atoms with E-state index >= 15 is 0 Å². The summed E-state index contributed by atoms with van der Waals surface area (Å²) >= 11 is 0. The molecular formula is C15H23NO3S. The third-order valence-electron chi connectivity index (χ3n) is 3.77. The normalized spacial score (nSPS) is 25.4. The molecule has 0 spiro atoms. The van der Waals surface area contributed by atoms with Gasteiger partial charge in [-0.15, -0.1) is 0 Å². The first-order valence-electron chi connectivity index (χ1n) is 6.94. The van der Waals surface area contributed by atoms with Gasteiger partial charge in [0.1, 0.15) is 5.75 Å². The summed E-state index contributed by atoms with van der Waals surface area (Å²) < 4.78 is 23.4. The molecule has 1 aromatic carbocycles. The summed E-state index contributed by atoms with van der Waals surface area (Å²) in [6.45, 7) is 4.63. The molecule has 0 aliphatic carbocycles. The Morgan fingerprint density at radius 2 is 2.30 bits per heavy atom. The van der Waals surface area contributed by atoms with Gasteiger partial charge in [0.25, 0.3) is 0 Å². The molecule has 5 heteroatoms. The van der Waals surface area contributed by atoms with Crippen LogP contribution in [0.25, 0.3) is 0 Å². The van der Waals surface area contributed by atoms with E-state index in [4.69, 9.17) is 15.2 Å². The predicted octanol–water partition coefficient (Wildman–Crippen LogP) is 2.14. The van der Waals surface area contributed by atoms with E-state index in [9.17, 15) is 4.21 Å². The average molecular weight is 297 g/mol. The van der Waals surface area contributed by atoms with Crippen LogP contribution in [-0.4, -0.2) is 29.3 Å². The third-order valence-corrected chi connectivity index (χ3v) is 5.66. The Bertz CT molecular complexity index is 490. The molecule has 4 unspecified atom stereocenters. The van der Waals surface area contributed by atoms with E-state index in [-0.39, 0.29) is 17.4 Å². The molecule has 112 valence electrons. The second-order valence-electron chi connectivity index (χ2n) is 5.29. The maximum Gasteiger partial charge on any atom is 0.123 e. The van der Waals surface area contributed by atoms with Crippen LogP contribution >= 0.6 is 0 Å². The second kappa shape index (κ2) is 6.70. The van der Waals surface area contributed by atoms with Crippen LogP contribution in [0.4, 0.5) is 0 Å². The summed E-state index contributed by atoms with van der Waals surface area (Å²) in [5, 5.41) is 0.110. The average Bonchev–Trinajstić information content (AvgIpc) is 2.84. The molecule has 1 aromatic rings. The van der Waals surface area contributed by atoms with Crippen LogP contribution in [0.2, 0.25) is 0 Å². The molecular weight excluding hydrogens is 274 g/mol. The SMILES string of the molecule is COc1ccc(C(C)N)cc1CS(=O)C1CCOC1C. The standard InChI is InChI=1S/C15H23NO3S/c1-10(16)12-4-5-14(18-3)13(8-12)9-20(17)15-6-7-19-11(15)2/h4-5,8,10-11,15H,6-7,9,16H2,1-3H3. The number of rotatable bonds is 5. The Hall–Kier alpha value is -0.910. The van der Waals surface area contributed by atoms with Crippen LogP contribution in [0.1, 0.15) is 37.4 Å². The Morgan fingerprint density at radius 1 is 1.55 bits per heavy atom. The van der Waals surface area contributed by atoms with Crippen molar-refractivity contribution < 1.29 is 13.7 Å². The van der Waals surface area contributed by atoms with Gasteiger partial charge in [-0.2, -0.15) is 0 Å². The number of benzene rings is 1. The lowest BCUT2D eigenvalue weighted by molar-refractivity contribution is 0.127. The molecule has 2 rings (SSSR count). The molecule has 0 bridgehead atoms. The molecule has 0 amide bonds. The molecule has 2 N–H and O–H groups in total. The van der Waals surface area contributed by atoms with E-state index in [0.29, 0.717) is 12.4 Å². The molecule has 0 saturated carbocycles. The van der Waals surface area contributed by atoms with Gasteiger partial charge in [0, 0.05) is 29.0 Å². The maximum atomic E-state index is 12.5. The summed E-state index contributed by atoms with van der Waals surface area (Å²) in [6, 6.07) is 5.82. The van der Waals surface area contributed by atoms with Crippen LogP contribution in [0.3, 0.4) is 0 Å². The van der Waals surface area contributed by atoms with Gasteiger partial charge in [0.15, 0.2) is 0 Å². The summed E-state index contributed by atoms with van der Waals surface area (Å²) in [5.41, 5.74) is 7.91. The van der Waals surface area contributed by atoms with Crippen molar-refractivity contribution in [1.29, 1.82) is 0 Å². The highest BCUT2D eigenvalue weighted by Gasteiger charge is 2.30. The molecule has 0 aromatic heterocycles. The Kier molecular flexibility index (Phi) is 5.18. The van der Waals surface area contributed by atoms with Crippen molar-refractivity contribution in [3.8, 4) is 5.75 Å². The van der Waals surface area contributed by atoms with Crippen LogP contribution < -0.4 is 10.5 Å². The fourth-order valence-electron chi connectivity index (χ4n) is 2.51. The lowest BCUT2D eigenvalue weighted by atomic mass is 10.1. The second-order valence-corrected chi connectivity index (χ2v) is 6.94. The first kappa shape index (κ1) is 15.5. The number of hydrogen-bond acceptors (Lipinski definition) is 4. The minimum Gasteiger partial charge on any atom is -0.496 e. The minimum absolute atomic E-state index is 0.0400. The van der Waals surface area contributed by atoms with Crippen LogP contribution in [0.5, 0.6) is 5.75 Å². The van der Waals surface area contributed by atoms with Crippen molar-refractivity contribution in [3.63, 3.8) is 0 Å². The number of nitrogens with two attached hydrogens (primary N) is 1. The zero-order valence-corrected chi connectivity index (χ0v) is 13.1. The minimum atomic E-state index is -0.956. The van der Waals surface area contributed by atoms with Gasteiger partial charge in [0.05, 0.1) is 24.2 Å². The van der Waals surface area contributed by atoms with E-state index < -0.39 is 10.8 Å². The van der Waals surface area contributed by atoms with Crippen molar-refractivity contribution in [2.45, 2.75) is 43.4 Å². The largest absolute Gasteiger partial charge is 0.496 e. The van der Waals surface area contributed by atoms with E-state index in [1.54, 1.807) is 7.11 Å². The summed E-state index contributed by atoms with van der Waals surface area (Å²) in [4.78, 5) is 0. The van der Waals surface area contributed by atoms with Crippen molar-refractivity contribution in [3.05, 3.63) is 29.3 Å². The van der Waals surface area contributed by atoms with Crippen LogP contribution in [0, 0.1) is 0 Å². The first-order valence-corrected chi connectivity index (χ1v) is 8.32. The van der Waals surface area contributed by atoms with Gasteiger partial charge in [-0.3, -0.25) is 4.21 Å². The van der Waals surface area contributed by atoms with E-state index in [2.05, 4.69) is 0 Å². The zero-order chi connectivity index (χ0) is 14.7. The van der Waals surface area contributed by atoms with Crippen molar-refractivity contribution in [2.75, 3.05) is 13.7 Å². The van der Waals surface area contributed by atoms with Gasteiger partial charge in [-0.1, -0.05) is 6.07 Å². The lowest BCUT2D eigenvalue weighted by Crippen LogP contribution is -2.24. The van der Waals surface area contributed by atoms with Gasteiger partial charge < -0.3 is 15.2 Å². The Morgan fingerprint density at radius 3 is 2.85 bits per heavy atom. The fourth-order valence-corrected chi connectivity index (χ4v) is 4.12. The number of hydrogen-bond donors (Lipinski definition) is 1. The molecule has 1 saturated heterocycles. The smallest absolute Gasteiger partial charge is 0.123 e. The third kappa shape index (κ3) is 3.40. The Balaban J connectivity index is 2.18. The monoisotopic (exact) mass is 297 g/mol. The molecule has 1 heterocycles. The fraction of sp³-hybridized carbons (Fsp3) is 0.600. The molecule has 1 fully saturated rings. The summed E-state index contributed by atoms with van der Waals surface area (Å²) in [5.74, 6) is 1.26. The summed E-state index contributed by atoms with van der Waals surface area (Å²) in [6.07, 6.45) is 0.932. The van der Waals surface area contributed by atoms with E-state index in [0.717, 1.165) is 23.3 Å². The first-order chi connectivity index (χ1) is 9.52. The van der Waals surface area contributed by atoms with Gasteiger partial charge in [-0.25, -0.2) is 0 Å². The molecule has 4 atom stereocenters. The zero-order valence-electron chi connectivity index (χ0n) is 12.3. The highest BCUT2D eigenvalue weighted by molar-refractivity contribution is 7.84. The van der Waals surface area contributed by atoms with E-state index in [1.165, 1.54) is 0 Å². The molecule has 1 aliphatic heterocycles. The van der Waals surface area contributed by atoms with Crippen molar-refractivity contribution in [1.82, 2.24) is 0 Å². The van der Waals surface area contributed by atoms with Gasteiger partial charge >= 0.3 is 0 Å². The number of methoxy groups -OCH3 is 1. The Labute approximate surface area is 123 Å². The maximum absolute atomic E-state index is 12.5. The van der Waals surface area contributed by atoms with Crippen molar-refractivity contribution >= 4 is 10.8 Å². The van der Waals surface area contributed by atoms with Gasteiger partial charge in [-0.05, 0) is 38.0 Å². The molecule has 1 aliphatic rings. The highest BCUT2D eigenvalue weighted by Crippen LogP contribution is 2.27. The quantitative estimate of drug-likeness (QED) is 0.904. The van der Waals surface area contributed by atoms with E-state index in [1.807, 2.05) is 32.0 Å². The number of ether oxygens (including phenoxy) is 2. The molecule has 4 nitrogen and oxygen atoms in total. The summed E-state index contributed by atoms with van der Waals surface area (Å²) in [7, 11) is 0.678. The highest BCUT2D eigenvalue weighted by atomic mass is 32.2. The van der Waals surface area contributed by atoms with Crippen molar-refractivity contribution in [2.24, 2.45) is 5.73 Å². The predicted molar refractivity (Wildman–Crippen MR) is 81.3 cm³/mol.